The molecule has 0 saturated heterocycles. The first-order chi connectivity index (χ1) is 8.86. The van der Waals surface area contributed by atoms with Crippen molar-refractivity contribution in [1.82, 2.24) is 10.6 Å². The number of aliphatic imine (C=N–C) groups is 1. The zero-order chi connectivity index (χ0) is 13.1. The van der Waals surface area contributed by atoms with Crippen LogP contribution in [-0.2, 0) is 0 Å². The van der Waals surface area contributed by atoms with Gasteiger partial charge in [-0.25, -0.2) is 0 Å². The van der Waals surface area contributed by atoms with Crippen molar-refractivity contribution in [2.75, 3.05) is 25.9 Å². The minimum Gasteiger partial charge on any atom is -0.356 e. The van der Waals surface area contributed by atoms with Crippen LogP contribution in [0.4, 0.5) is 0 Å². The zero-order valence-corrected chi connectivity index (χ0v) is 14.4. The summed E-state index contributed by atoms with van der Waals surface area (Å²) in [5.74, 6) is 1.94. The van der Waals surface area contributed by atoms with Crippen molar-refractivity contribution in [3.8, 4) is 0 Å². The molecule has 0 heterocycles. The molecule has 0 fully saturated rings. The summed E-state index contributed by atoms with van der Waals surface area (Å²) in [4.78, 5) is 5.45. The van der Waals surface area contributed by atoms with Gasteiger partial charge >= 0.3 is 0 Å². The fourth-order valence-electron chi connectivity index (χ4n) is 1.38. The lowest BCUT2D eigenvalue weighted by Crippen LogP contribution is -2.37. The first-order valence-corrected chi connectivity index (χ1v) is 7.08. The van der Waals surface area contributed by atoms with E-state index < -0.39 is 0 Å². The highest BCUT2D eigenvalue weighted by Crippen LogP contribution is 2.17. The molecule has 0 bridgehead atoms. The molecule has 0 aliphatic heterocycles. The van der Waals surface area contributed by atoms with Gasteiger partial charge in [0.15, 0.2) is 5.96 Å². The lowest BCUT2D eigenvalue weighted by molar-refractivity contribution is 0.809. The third-order valence-electron chi connectivity index (χ3n) is 2.26. The van der Waals surface area contributed by atoms with Crippen molar-refractivity contribution in [3.63, 3.8) is 0 Å². The van der Waals surface area contributed by atoms with Crippen LogP contribution in [0.5, 0.6) is 0 Å². The van der Waals surface area contributed by atoms with Gasteiger partial charge in [-0.15, -0.1) is 42.3 Å². The number of nitrogens with one attached hydrogen (secondary N) is 2. The summed E-state index contributed by atoms with van der Waals surface area (Å²) in [5, 5.41) is 6.41. The van der Waals surface area contributed by atoms with Crippen molar-refractivity contribution < 1.29 is 0 Å². The minimum absolute atomic E-state index is 0. The van der Waals surface area contributed by atoms with Crippen molar-refractivity contribution in [3.05, 3.63) is 43.0 Å². The third kappa shape index (κ3) is 8.93. The molecule has 1 rings (SSSR count). The van der Waals surface area contributed by atoms with E-state index in [9.17, 15) is 0 Å². The topological polar surface area (TPSA) is 36.4 Å². The molecule has 0 unspecified atom stereocenters. The van der Waals surface area contributed by atoms with E-state index in [0.29, 0.717) is 0 Å². The Morgan fingerprint density at radius 3 is 2.68 bits per heavy atom. The van der Waals surface area contributed by atoms with E-state index in [-0.39, 0.29) is 24.0 Å². The summed E-state index contributed by atoms with van der Waals surface area (Å²) in [7, 11) is 1.77. The smallest absolute Gasteiger partial charge is 0.191 e. The standard InChI is InChI=1S/C14H21N3S.HI/c1-3-10-16-14(15-2)17-11-7-12-18-13-8-5-4-6-9-13;/h3-6,8-9H,1,7,10-12H2,2H3,(H2,15,16,17);1H. The molecule has 0 amide bonds. The van der Waals surface area contributed by atoms with Crippen LogP contribution in [0.3, 0.4) is 0 Å². The van der Waals surface area contributed by atoms with E-state index in [0.717, 1.165) is 31.2 Å². The highest BCUT2D eigenvalue weighted by atomic mass is 127. The molecule has 106 valence electrons. The van der Waals surface area contributed by atoms with Crippen LogP contribution in [0, 0.1) is 0 Å². The molecule has 5 heteroatoms. The summed E-state index contributed by atoms with van der Waals surface area (Å²) < 4.78 is 0. The first-order valence-electron chi connectivity index (χ1n) is 6.10. The van der Waals surface area contributed by atoms with Crippen LogP contribution in [0.25, 0.3) is 0 Å². The number of thioether (sulfide) groups is 1. The van der Waals surface area contributed by atoms with E-state index >= 15 is 0 Å². The summed E-state index contributed by atoms with van der Waals surface area (Å²) in [6.07, 6.45) is 2.92. The first kappa shape index (κ1) is 18.3. The normalized spacial score (nSPS) is 10.5. The van der Waals surface area contributed by atoms with Crippen LogP contribution >= 0.6 is 35.7 Å². The van der Waals surface area contributed by atoms with Gasteiger partial charge in [-0.2, -0.15) is 0 Å². The number of guanidine groups is 1. The Morgan fingerprint density at radius 1 is 1.32 bits per heavy atom. The zero-order valence-electron chi connectivity index (χ0n) is 11.3. The predicted molar refractivity (Wildman–Crippen MR) is 96.8 cm³/mol. The average molecular weight is 391 g/mol. The molecular formula is C14H22IN3S. The Balaban J connectivity index is 0.00000324. The van der Waals surface area contributed by atoms with Crippen molar-refractivity contribution in [2.24, 2.45) is 4.99 Å². The number of nitrogens with zero attached hydrogens (tertiary/aromatic N) is 1. The molecule has 0 aliphatic carbocycles. The highest BCUT2D eigenvalue weighted by molar-refractivity contribution is 14.0. The number of rotatable bonds is 7. The van der Waals surface area contributed by atoms with Crippen molar-refractivity contribution in [1.29, 1.82) is 0 Å². The lowest BCUT2D eigenvalue weighted by Gasteiger charge is -2.09. The summed E-state index contributed by atoms with van der Waals surface area (Å²) in [6.45, 7) is 5.32. The summed E-state index contributed by atoms with van der Waals surface area (Å²) >= 11 is 1.88. The largest absolute Gasteiger partial charge is 0.356 e. The molecule has 3 nitrogen and oxygen atoms in total. The third-order valence-corrected chi connectivity index (χ3v) is 3.36. The Morgan fingerprint density at radius 2 is 2.05 bits per heavy atom. The van der Waals surface area contributed by atoms with E-state index in [4.69, 9.17) is 0 Å². The molecule has 0 saturated carbocycles. The van der Waals surface area contributed by atoms with Crippen LogP contribution in [0.15, 0.2) is 52.9 Å². The second-order valence-corrected chi connectivity index (χ2v) is 4.85. The Hall–Kier alpha value is -0.690. The Bertz CT molecular complexity index is 368. The SMILES string of the molecule is C=CCNC(=NC)NCCCSc1ccccc1.I. The number of halogens is 1. The fourth-order valence-corrected chi connectivity index (χ4v) is 2.25. The molecule has 0 aliphatic rings. The van der Waals surface area contributed by atoms with Gasteiger partial charge in [-0.3, -0.25) is 4.99 Å². The maximum atomic E-state index is 4.12. The van der Waals surface area contributed by atoms with E-state index in [1.807, 2.05) is 23.9 Å². The van der Waals surface area contributed by atoms with Gasteiger partial charge in [0, 0.05) is 25.0 Å². The summed E-state index contributed by atoms with van der Waals surface area (Å²) in [6, 6.07) is 10.5. The van der Waals surface area contributed by atoms with Gasteiger partial charge in [0.25, 0.3) is 0 Å². The number of benzene rings is 1. The molecule has 2 N–H and O–H groups in total. The quantitative estimate of drug-likeness (QED) is 0.187. The van der Waals surface area contributed by atoms with Gasteiger partial charge in [-0.1, -0.05) is 24.3 Å². The van der Waals surface area contributed by atoms with Crippen LogP contribution < -0.4 is 10.6 Å². The molecule has 0 radical (unpaired) electrons. The number of hydrogen-bond donors (Lipinski definition) is 2. The monoisotopic (exact) mass is 391 g/mol. The molecular weight excluding hydrogens is 369 g/mol. The van der Waals surface area contributed by atoms with Gasteiger partial charge in [0.2, 0.25) is 0 Å². The van der Waals surface area contributed by atoms with Gasteiger partial charge in [0.05, 0.1) is 0 Å². The maximum Gasteiger partial charge on any atom is 0.191 e. The molecule has 0 aromatic heterocycles. The second-order valence-electron chi connectivity index (χ2n) is 3.68. The Labute approximate surface area is 137 Å². The van der Waals surface area contributed by atoms with Crippen molar-refractivity contribution >= 4 is 41.7 Å². The summed E-state index contributed by atoms with van der Waals surface area (Å²) in [5.41, 5.74) is 0. The maximum absolute atomic E-state index is 4.12. The van der Waals surface area contributed by atoms with Crippen LogP contribution in [0.1, 0.15) is 6.42 Å². The van der Waals surface area contributed by atoms with E-state index in [1.165, 1.54) is 4.90 Å². The Kier molecular flexibility index (Phi) is 11.9. The van der Waals surface area contributed by atoms with Gasteiger partial charge in [0.1, 0.15) is 0 Å². The van der Waals surface area contributed by atoms with Crippen molar-refractivity contribution in [2.45, 2.75) is 11.3 Å². The molecule has 0 atom stereocenters. The molecule has 1 aromatic rings. The van der Waals surface area contributed by atoms with E-state index in [1.54, 1.807) is 7.05 Å². The molecule has 19 heavy (non-hydrogen) atoms. The average Bonchev–Trinajstić information content (AvgIpc) is 2.43. The second kappa shape index (κ2) is 12.3. The lowest BCUT2D eigenvalue weighted by atomic mass is 10.4. The molecule has 1 aromatic carbocycles. The van der Waals surface area contributed by atoms with Crippen LogP contribution in [0.2, 0.25) is 0 Å². The highest BCUT2D eigenvalue weighted by Gasteiger charge is 1.95. The minimum atomic E-state index is 0. The predicted octanol–water partition coefficient (Wildman–Crippen LogP) is 3.14. The van der Waals surface area contributed by atoms with Crippen LogP contribution in [-0.4, -0.2) is 31.8 Å². The number of hydrogen-bond acceptors (Lipinski definition) is 2. The van der Waals surface area contributed by atoms with Gasteiger partial charge in [-0.05, 0) is 24.3 Å². The van der Waals surface area contributed by atoms with E-state index in [2.05, 4.69) is 46.5 Å². The van der Waals surface area contributed by atoms with Gasteiger partial charge < -0.3 is 10.6 Å². The fraction of sp³-hybridized carbons (Fsp3) is 0.357. The molecule has 0 spiro atoms.